The summed E-state index contributed by atoms with van der Waals surface area (Å²) in [7, 11) is 0. The van der Waals surface area contributed by atoms with Gasteiger partial charge in [0.15, 0.2) is 5.84 Å². The Bertz CT molecular complexity index is 1720. The molecule has 5 aromatic carbocycles. The predicted octanol–water partition coefficient (Wildman–Crippen LogP) is 6.13. The Labute approximate surface area is 198 Å². The molecule has 2 heteroatoms. The van der Waals surface area contributed by atoms with E-state index in [-0.39, 0.29) is 0 Å². The number of hydrogen-bond acceptors (Lipinski definition) is 2. The van der Waals surface area contributed by atoms with Crippen LogP contribution < -0.4 is 10.6 Å². The summed E-state index contributed by atoms with van der Waals surface area (Å²) in [4.78, 5) is 10.1. The van der Waals surface area contributed by atoms with Gasteiger partial charge in [0.05, 0.1) is 5.36 Å². The van der Waals surface area contributed by atoms with Gasteiger partial charge in [-0.25, -0.2) is 9.98 Å². The van der Waals surface area contributed by atoms with Crippen LogP contribution in [0.2, 0.25) is 0 Å². The van der Waals surface area contributed by atoms with Crippen molar-refractivity contribution in [3.63, 3.8) is 0 Å². The lowest BCUT2D eigenvalue weighted by atomic mass is 9.99. The number of para-hydroxylation sites is 1. The van der Waals surface area contributed by atoms with Crippen LogP contribution in [0, 0.1) is 10.4 Å². The molecule has 0 radical (unpaired) electrons. The maximum absolute atomic E-state index is 5.17. The molecule has 6 rings (SSSR count). The Morgan fingerprint density at radius 2 is 0.941 bits per heavy atom. The smallest absolute Gasteiger partial charge is 0.159 e. The molecule has 0 spiro atoms. The Hall–Kier alpha value is -4.56. The van der Waals surface area contributed by atoms with Crippen molar-refractivity contribution in [2.24, 2.45) is 9.98 Å². The second kappa shape index (κ2) is 8.76. The van der Waals surface area contributed by atoms with E-state index < -0.39 is 0 Å². The SMILES string of the molecule is C1=c2c(-c3ccccc3)cccc2=c2cccc(-c3ccccc3)c2=NC(c2ccccc2)=N1. The molecule has 0 aliphatic carbocycles. The molecule has 2 nitrogen and oxygen atoms in total. The fourth-order valence-electron chi connectivity index (χ4n) is 4.53. The van der Waals surface area contributed by atoms with Crippen molar-refractivity contribution in [2.75, 3.05) is 0 Å². The van der Waals surface area contributed by atoms with Gasteiger partial charge in [0.1, 0.15) is 0 Å². The van der Waals surface area contributed by atoms with Gasteiger partial charge in [-0.2, -0.15) is 0 Å². The first kappa shape index (κ1) is 20.1. The van der Waals surface area contributed by atoms with Crippen molar-refractivity contribution in [3.8, 4) is 22.3 Å². The minimum absolute atomic E-state index is 0.707. The lowest BCUT2D eigenvalue weighted by Gasteiger charge is -2.09. The van der Waals surface area contributed by atoms with Crippen LogP contribution in [0.15, 0.2) is 137 Å². The first-order chi connectivity index (χ1) is 16.9. The van der Waals surface area contributed by atoms with Crippen molar-refractivity contribution in [3.05, 3.63) is 154 Å². The normalized spacial score (nSPS) is 12.2. The van der Waals surface area contributed by atoms with E-state index in [2.05, 4.69) is 97.1 Å². The lowest BCUT2D eigenvalue weighted by molar-refractivity contribution is 1.28. The first-order valence-electron chi connectivity index (χ1n) is 11.4. The Kier molecular flexibility index (Phi) is 5.17. The van der Waals surface area contributed by atoms with Crippen LogP contribution in [0.4, 0.5) is 0 Å². The van der Waals surface area contributed by atoms with E-state index in [1.807, 2.05) is 36.5 Å². The Morgan fingerprint density at radius 1 is 0.412 bits per heavy atom. The van der Waals surface area contributed by atoms with Gasteiger partial charge in [-0.15, -0.1) is 0 Å². The van der Waals surface area contributed by atoms with E-state index in [1.165, 1.54) is 5.56 Å². The van der Waals surface area contributed by atoms with Crippen molar-refractivity contribution in [1.82, 2.24) is 0 Å². The average Bonchev–Trinajstić information content (AvgIpc) is 2.91. The summed E-state index contributed by atoms with van der Waals surface area (Å²) in [5.74, 6) is 0.707. The molecule has 1 heterocycles. The molecular formula is C32H22N2. The molecule has 5 aromatic rings. The molecule has 0 fully saturated rings. The average molecular weight is 435 g/mol. The summed E-state index contributed by atoms with van der Waals surface area (Å²) in [6, 6.07) is 44.0. The van der Waals surface area contributed by atoms with E-state index in [9.17, 15) is 0 Å². The molecule has 0 unspecified atom stereocenters. The van der Waals surface area contributed by atoms with Crippen LogP contribution in [0.5, 0.6) is 0 Å². The highest BCUT2D eigenvalue weighted by Gasteiger charge is 2.09. The third kappa shape index (κ3) is 3.66. The van der Waals surface area contributed by atoms with Crippen LogP contribution in [-0.4, -0.2) is 5.84 Å². The van der Waals surface area contributed by atoms with Crippen LogP contribution in [0.25, 0.3) is 28.5 Å². The summed E-state index contributed by atoms with van der Waals surface area (Å²) in [6.07, 6.45) is 1.97. The van der Waals surface area contributed by atoms with Crippen molar-refractivity contribution >= 4 is 12.0 Å². The molecule has 0 saturated heterocycles. The molecule has 0 aromatic heterocycles. The summed E-state index contributed by atoms with van der Waals surface area (Å²) >= 11 is 0. The molecule has 0 amide bonds. The largest absolute Gasteiger partial charge is 0.236 e. The molecule has 0 saturated carbocycles. The molecule has 160 valence electrons. The number of amidine groups is 1. The third-order valence-electron chi connectivity index (χ3n) is 6.17. The van der Waals surface area contributed by atoms with Gasteiger partial charge < -0.3 is 0 Å². The minimum Gasteiger partial charge on any atom is -0.236 e. The molecule has 0 N–H and O–H groups in total. The number of hydrogen-bond donors (Lipinski definition) is 0. The maximum atomic E-state index is 5.17. The molecule has 1 aliphatic heterocycles. The van der Waals surface area contributed by atoms with E-state index in [0.717, 1.165) is 43.3 Å². The summed E-state index contributed by atoms with van der Waals surface area (Å²) < 4.78 is 0. The van der Waals surface area contributed by atoms with Crippen molar-refractivity contribution < 1.29 is 0 Å². The van der Waals surface area contributed by atoms with Crippen molar-refractivity contribution in [2.45, 2.75) is 0 Å². The van der Waals surface area contributed by atoms with Crippen LogP contribution in [0.1, 0.15) is 5.56 Å². The zero-order valence-corrected chi connectivity index (χ0v) is 18.6. The van der Waals surface area contributed by atoms with Gasteiger partial charge in [0.2, 0.25) is 0 Å². The number of benzene rings is 5. The highest BCUT2D eigenvalue weighted by molar-refractivity contribution is 6.01. The van der Waals surface area contributed by atoms with E-state index in [1.54, 1.807) is 0 Å². The van der Waals surface area contributed by atoms with Crippen LogP contribution in [-0.2, 0) is 0 Å². The predicted molar refractivity (Wildman–Crippen MR) is 140 cm³/mol. The topological polar surface area (TPSA) is 24.7 Å². The molecule has 34 heavy (non-hydrogen) atoms. The number of nitrogens with zero attached hydrogens (tertiary/aromatic N) is 2. The molecule has 0 atom stereocenters. The standard InChI is InChI=1S/C32H22N2/c1-4-12-23(13-5-1)26-18-10-20-28-29-21-11-19-27(24-14-6-2-7-15-24)31(29)34-32(33-22-30(26)28)25-16-8-3-9-17-25/h1-22H. The summed E-state index contributed by atoms with van der Waals surface area (Å²) in [5, 5.41) is 4.28. The minimum atomic E-state index is 0.707. The van der Waals surface area contributed by atoms with Gasteiger partial charge in [-0.3, -0.25) is 0 Å². The lowest BCUT2D eigenvalue weighted by Crippen LogP contribution is -2.18. The fraction of sp³-hybridized carbons (Fsp3) is 0. The second-order valence-electron chi connectivity index (χ2n) is 8.26. The van der Waals surface area contributed by atoms with Gasteiger partial charge in [-0.1, -0.05) is 127 Å². The third-order valence-corrected chi connectivity index (χ3v) is 6.17. The number of rotatable bonds is 3. The Balaban J connectivity index is 1.80. The van der Waals surface area contributed by atoms with Crippen LogP contribution in [0.3, 0.4) is 0 Å². The van der Waals surface area contributed by atoms with Crippen molar-refractivity contribution in [1.29, 1.82) is 0 Å². The Morgan fingerprint density at radius 3 is 1.59 bits per heavy atom. The summed E-state index contributed by atoms with van der Waals surface area (Å²) in [5.41, 5.74) is 5.56. The highest BCUT2D eigenvalue weighted by Crippen LogP contribution is 2.18. The monoisotopic (exact) mass is 434 g/mol. The number of aliphatic imine (C=N–C) groups is 1. The highest BCUT2D eigenvalue weighted by atomic mass is 14.9. The molecular weight excluding hydrogens is 412 g/mol. The van der Waals surface area contributed by atoms with Gasteiger partial charge in [0, 0.05) is 27.8 Å². The second-order valence-corrected chi connectivity index (χ2v) is 8.26. The molecule has 0 bridgehead atoms. The summed E-state index contributed by atoms with van der Waals surface area (Å²) in [6.45, 7) is 0. The maximum Gasteiger partial charge on any atom is 0.159 e. The van der Waals surface area contributed by atoms with E-state index >= 15 is 0 Å². The zero-order chi connectivity index (χ0) is 22.7. The fourth-order valence-corrected chi connectivity index (χ4v) is 4.53. The van der Waals surface area contributed by atoms with E-state index in [0.29, 0.717) is 5.84 Å². The first-order valence-corrected chi connectivity index (χ1v) is 11.4. The van der Waals surface area contributed by atoms with E-state index in [4.69, 9.17) is 9.98 Å². The quantitative estimate of drug-likeness (QED) is 0.327. The van der Waals surface area contributed by atoms with Crippen LogP contribution >= 0.6 is 0 Å². The van der Waals surface area contributed by atoms with Gasteiger partial charge in [-0.05, 0) is 21.9 Å². The van der Waals surface area contributed by atoms with Gasteiger partial charge in [0.25, 0.3) is 0 Å². The van der Waals surface area contributed by atoms with Gasteiger partial charge >= 0.3 is 0 Å². The zero-order valence-electron chi connectivity index (χ0n) is 18.6. The molecule has 1 aliphatic rings. The number of fused-ring (bicyclic) bond motifs is 2.